The van der Waals surface area contributed by atoms with Crippen molar-refractivity contribution in [2.75, 3.05) is 13.1 Å². The van der Waals surface area contributed by atoms with E-state index in [-0.39, 0.29) is 17.9 Å². The maximum atomic E-state index is 13.5. The maximum Gasteiger partial charge on any atom is 0.221 e. The van der Waals surface area contributed by atoms with Gasteiger partial charge in [-0.3, -0.25) is 4.79 Å². The third-order valence-electron chi connectivity index (χ3n) is 2.94. The standard InChI is InChI=1S/C15H22F2N2O/c1-10(2)9-19-14(20)7-8-18-11(3)15-12(16)5-4-6-13(15)17/h4-6,10-11,18H,7-9H2,1-3H3,(H,19,20). The molecule has 1 rings (SSSR count). The van der Waals surface area contributed by atoms with Crippen molar-refractivity contribution in [2.24, 2.45) is 5.92 Å². The van der Waals surface area contributed by atoms with Gasteiger partial charge >= 0.3 is 0 Å². The zero-order chi connectivity index (χ0) is 15.1. The van der Waals surface area contributed by atoms with Crippen molar-refractivity contribution in [3.05, 3.63) is 35.4 Å². The molecular weight excluding hydrogens is 262 g/mol. The predicted molar refractivity (Wildman–Crippen MR) is 75.2 cm³/mol. The fourth-order valence-corrected chi connectivity index (χ4v) is 1.83. The molecule has 1 amide bonds. The number of amides is 1. The Morgan fingerprint density at radius 2 is 1.80 bits per heavy atom. The van der Waals surface area contributed by atoms with Crippen LogP contribution in [0, 0.1) is 17.6 Å². The molecule has 1 aromatic carbocycles. The number of nitrogens with one attached hydrogen (secondary N) is 2. The van der Waals surface area contributed by atoms with E-state index in [4.69, 9.17) is 0 Å². The SMILES string of the molecule is CC(C)CNC(=O)CCNC(C)c1c(F)cccc1F. The summed E-state index contributed by atoms with van der Waals surface area (Å²) < 4.78 is 27.1. The van der Waals surface area contributed by atoms with E-state index < -0.39 is 17.7 Å². The number of hydrogen-bond donors (Lipinski definition) is 2. The molecule has 1 aromatic rings. The van der Waals surface area contributed by atoms with Crippen LogP contribution in [0.3, 0.4) is 0 Å². The predicted octanol–water partition coefficient (Wildman–Crippen LogP) is 2.78. The number of rotatable bonds is 7. The van der Waals surface area contributed by atoms with Crippen molar-refractivity contribution in [1.29, 1.82) is 0 Å². The third-order valence-corrected chi connectivity index (χ3v) is 2.94. The summed E-state index contributed by atoms with van der Waals surface area (Å²) >= 11 is 0. The van der Waals surface area contributed by atoms with Gasteiger partial charge in [-0.15, -0.1) is 0 Å². The Labute approximate surface area is 118 Å². The number of benzene rings is 1. The molecule has 1 atom stereocenters. The van der Waals surface area contributed by atoms with Crippen molar-refractivity contribution in [2.45, 2.75) is 33.2 Å². The van der Waals surface area contributed by atoms with Gasteiger partial charge in [0.25, 0.3) is 0 Å². The molecule has 0 bridgehead atoms. The first-order chi connectivity index (χ1) is 9.41. The Kier molecular flexibility index (Phi) is 6.58. The van der Waals surface area contributed by atoms with Crippen LogP contribution in [0.5, 0.6) is 0 Å². The lowest BCUT2D eigenvalue weighted by atomic mass is 10.1. The minimum absolute atomic E-state index is 0.00934. The van der Waals surface area contributed by atoms with Crippen LogP contribution in [-0.4, -0.2) is 19.0 Å². The summed E-state index contributed by atoms with van der Waals surface area (Å²) in [5.41, 5.74) is 0.00934. The van der Waals surface area contributed by atoms with Crippen molar-refractivity contribution in [1.82, 2.24) is 10.6 Å². The summed E-state index contributed by atoms with van der Waals surface area (Å²) in [5, 5.41) is 5.75. The Balaban J connectivity index is 2.40. The quantitative estimate of drug-likeness (QED) is 0.808. The highest BCUT2D eigenvalue weighted by molar-refractivity contribution is 5.76. The zero-order valence-corrected chi connectivity index (χ0v) is 12.2. The monoisotopic (exact) mass is 284 g/mol. The normalized spacial score (nSPS) is 12.5. The second-order valence-electron chi connectivity index (χ2n) is 5.26. The van der Waals surface area contributed by atoms with E-state index in [1.807, 2.05) is 13.8 Å². The molecule has 0 aliphatic heterocycles. The first-order valence-corrected chi connectivity index (χ1v) is 6.85. The molecule has 5 heteroatoms. The topological polar surface area (TPSA) is 41.1 Å². The van der Waals surface area contributed by atoms with Crippen LogP contribution in [-0.2, 0) is 4.79 Å². The lowest BCUT2D eigenvalue weighted by Gasteiger charge is -2.16. The third kappa shape index (κ3) is 5.25. The van der Waals surface area contributed by atoms with Crippen molar-refractivity contribution >= 4 is 5.91 Å². The summed E-state index contributed by atoms with van der Waals surface area (Å²) in [6.07, 6.45) is 0.285. The van der Waals surface area contributed by atoms with Gasteiger partial charge in [0, 0.05) is 31.1 Å². The highest BCUT2D eigenvalue weighted by atomic mass is 19.1. The van der Waals surface area contributed by atoms with E-state index in [2.05, 4.69) is 10.6 Å². The van der Waals surface area contributed by atoms with Gasteiger partial charge in [0.15, 0.2) is 0 Å². The summed E-state index contributed by atoms with van der Waals surface area (Å²) in [7, 11) is 0. The largest absolute Gasteiger partial charge is 0.356 e. The molecule has 0 saturated heterocycles. The van der Waals surface area contributed by atoms with Crippen LogP contribution in [0.2, 0.25) is 0 Å². The minimum atomic E-state index is -0.575. The molecule has 2 N–H and O–H groups in total. The fourth-order valence-electron chi connectivity index (χ4n) is 1.83. The number of hydrogen-bond acceptors (Lipinski definition) is 2. The second-order valence-corrected chi connectivity index (χ2v) is 5.26. The Hall–Kier alpha value is -1.49. The van der Waals surface area contributed by atoms with Crippen LogP contribution < -0.4 is 10.6 Å². The van der Waals surface area contributed by atoms with Crippen molar-refractivity contribution in [3.63, 3.8) is 0 Å². The van der Waals surface area contributed by atoms with Gasteiger partial charge in [-0.2, -0.15) is 0 Å². The summed E-state index contributed by atoms with van der Waals surface area (Å²) in [6, 6.07) is 3.31. The van der Waals surface area contributed by atoms with Gasteiger partial charge in [0.2, 0.25) is 5.91 Å². The van der Waals surface area contributed by atoms with Crippen LogP contribution in [0.15, 0.2) is 18.2 Å². The zero-order valence-electron chi connectivity index (χ0n) is 12.2. The van der Waals surface area contributed by atoms with Gasteiger partial charge in [-0.05, 0) is 25.0 Å². The molecule has 0 aliphatic rings. The van der Waals surface area contributed by atoms with Crippen LogP contribution >= 0.6 is 0 Å². The summed E-state index contributed by atoms with van der Waals surface area (Å²) in [4.78, 5) is 11.5. The highest BCUT2D eigenvalue weighted by Crippen LogP contribution is 2.19. The molecule has 0 aromatic heterocycles. The van der Waals surface area contributed by atoms with Gasteiger partial charge in [0.1, 0.15) is 11.6 Å². The first-order valence-electron chi connectivity index (χ1n) is 6.85. The molecule has 0 radical (unpaired) electrons. The molecule has 1 unspecified atom stereocenters. The van der Waals surface area contributed by atoms with E-state index in [0.29, 0.717) is 19.0 Å². The van der Waals surface area contributed by atoms with Gasteiger partial charge in [0.05, 0.1) is 0 Å². The fraction of sp³-hybridized carbons (Fsp3) is 0.533. The molecule has 0 spiro atoms. The van der Waals surface area contributed by atoms with E-state index in [1.165, 1.54) is 18.2 Å². The molecular formula is C15H22F2N2O. The summed E-state index contributed by atoms with van der Waals surface area (Å²) in [6.45, 7) is 6.71. The lowest BCUT2D eigenvalue weighted by Crippen LogP contribution is -2.31. The van der Waals surface area contributed by atoms with E-state index in [1.54, 1.807) is 6.92 Å². The average Bonchev–Trinajstić information content (AvgIpc) is 2.36. The minimum Gasteiger partial charge on any atom is -0.356 e. The highest BCUT2D eigenvalue weighted by Gasteiger charge is 2.15. The average molecular weight is 284 g/mol. The molecule has 3 nitrogen and oxygen atoms in total. The Bertz CT molecular complexity index is 429. The molecule has 0 fully saturated rings. The Morgan fingerprint density at radius 1 is 1.20 bits per heavy atom. The summed E-state index contributed by atoms with van der Waals surface area (Å²) in [5.74, 6) is -0.811. The number of halogens is 2. The van der Waals surface area contributed by atoms with E-state index in [9.17, 15) is 13.6 Å². The molecule has 0 saturated carbocycles. The molecule has 0 heterocycles. The molecule has 112 valence electrons. The number of carbonyl (C=O) groups excluding carboxylic acids is 1. The van der Waals surface area contributed by atoms with Crippen LogP contribution in [0.25, 0.3) is 0 Å². The molecule has 0 aliphatic carbocycles. The lowest BCUT2D eigenvalue weighted by molar-refractivity contribution is -0.121. The van der Waals surface area contributed by atoms with E-state index >= 15 is 0 Å². The smallest absolute Gasteiger partial charge is 0.221 e. The van der Waals surface area contributed by atoms with Gasteiger partial charge in [-0.1, -0.05) is 19.9 Å². The van der Waals surface area contributed by atoms with Crippen LogP contribution in [0.1, 0.15) is 38.8 Å². The second kappa shape index (κ2) is 7.94. The maximum absolute atomic E-state index is 13.5. The van der Waals surface area contributed by atoms with Crippen molar-refractivity contribution in [3.8, 4) is 0 Å². The van der Waals surface area contributed by atoms with Crippen LogP contribution in [0.4, 0.5) is 8.78 Å². The van der Waals surface area contributed by atoms with Gasteiger partial charge in [-0.25, -0.2) is 8.78 Å². The van der Waals surface area contributed by atoms with E-state index in [0.717, 1.165) is 0 Å². The first kappa shape index (κ1) is 16.6. The van der Waals surface area contributed by atoms with Crippen molar-refractivity contribution < 1.29 is 13.6 Å². The van der Waals surface area contributed by atoms with Gasteiger partial charge < -0.3 is 10.6 Å². The Morgan fingerprint density at radius 3 is 2.35 bits per heavy atom. The molecule has 20 heavy (non-hydrogen) atoms. The number of carbonyl (C=O) groups is 1.